The SMILES string of the molecule is CC(=O)N(C)C1CCN(C(N)=NC(C)(C)C)CC1. The molecule has 5 heteroatoms. The van der Waals surface area contributed by atoms with Gasteiger partial charge in [-0.25, -0.2) is 4.99 Å². The standard InChI is InChI=1S/C13H26N4O/c1-10(18)16(5)11-6-8-17(9-7-11)12(14)15-13(2,3)4/h11H,6-9H2,1-5H3,(H2,14,15). The predicted molar refractivity (Wildman–Crippen MR) is 74.4 cm³/mol. The summed E-state index contributed by atoms with van der Waals surface area (Å²) in [5, 5.41) is 0. The van der Waals surface area contributed by atoms with Crippen LogP contribution in [0.25, 0.3) is 0 Å². The van der Waals surface area contributed by atoms with Crippen molar-refractivity contribution in [3.8, 4) is 0 Å². The molecule has 1 fully saturated rings. The van der Waals surface area contributed by atoms with Crippen molar-refractivity contribution in [2.75, 3.05) is 20.1 Å². The fourth-order valence-electron chi connectivity index (χ4n) is 2.15. The number of guanidine groups is 1. The highest BCUT2D eigenvalue weighted by Crippen LogP contribution is 2.16. The van der Waals surface area contributed by atoms with Crippen molar-refractivity contribution in [2.45, 2.75) is 52.1 Å². The number of carbonyl (C=O) groups is 1. The topological polar surface area (TPSA) is 61.9 Å². The van der Waals surface area contributed by atoms with E-state index in [2.05, 4.69) is 9.89 Å². The highest BCUT2D eigenvalue weighted by Gasteiger charge is 2.25. The Balaban J connectivity index is 2.54. The molecular formula is C13H26N4O. The number of likely N-dealkylation sites (tertiary alicyclic amines) is 1. The van der Waals surface area contributed by atoms with Gasteiger partial charge in [0.1, 0.15) is 0 Å². The van der Waals surface area contributed by atoms with Crippen molar-refractivity contribution in [3.63, 3.8) is 0 Å². The number of piperidine rings is 1. The monoisotopic (exact) mass is 254 g/mol. The molecule has 5 nitrogen and oxygen atoms in total. The average molecular weight is 254 g/mol. The smallest absolute Gasteiger partial charge is 0.219 e. The van der Waals surface area contributed by atoms with Crippen LogP contribution < -0.4 is 5.73 Å². The lowest BCUT2D eigenvalue weighted by Gasteiger charge is -2.37. The van der Waals surface area contributed by atoms with E-state index < -0.39 is 0 Å². The van der Waals surface area contributed by atoms with Crippen molar-refractivity contribution in [2.24, 2.45) is 10.7 Å². The first kappa shape index (κ1) is 14.8. The van der Waals surface area contributed by atoms with Crippen molar-refractivity contribution < 1.29 is 4.79 Å². The van der Waals surface area contributed by atoms with Gasteiger partial charge in [0, 0.05) is 33.1 Å². The minimum atomic E-state index is -0.142. The summed E-state index contributed by atoms with van der Waals surface area (Å²) in [4.78, 5) is 19.7. The van der Waals surface area contributed by atoms with Gasteiger partial charge in [-0.3, -0.25) is 4.79 Å². The Hall–Kier alpha value is -1.26. The molecule has 18 heavy (non-hydrogen) atoms. The molecule has 0 aromatic rings. The molecule has 1 saturated heterocycles. The van der Waals surface area contributed by atoms with Crippen molar-refractivity contribution in [3.05, 3.63) is 0 Å². The van der Waals surface area contributed by atoms with Gasteiger partial charge in [0.15, 0.2) is 5.96 Å². The van der Waals surface area contributed by atoms with E-state index in [-0.39, 0.29) is 11.4 Å². The summed E-state index contributed by atoms with van der Waals surface area (Å²) < 4.78 is 0. The zero-order chi connectivity index (χ0) is 13.9. The molecule has 1 heterocycles. The molecule has 1 aliphatic rings. The molecule has 1 aliphatic heterocycles. The third-order valence-corrected chi connectivity index (χ3v) is 3.28. The molecular weight excluding hydrogens is 228 g/mol. The Bertz CT molecular complexity index is 324. The molecule has 0 bridgehead atoms. The van der Waals surface area contributed by atoms with Crippen LogP contribution in [-0.2, 0) is 4.79 Å². The van der Waals surface area contributed by atoms with Crippen LogP contribution in [0.1, 0.15) is 40.5 Å². The maximum absolute atomic E-state index is 11.3. The van der Waals surface area contributed by atoms with E-state index in [1.165, 1.54) is 0 Å². The number of hydrogen-bond acceptors (Lipinski definition) is 2. The highest BCUT2D eigenvalue weighted by molar-refractivity contribution is 5.78. The number of carbonyl (C=O) groups excluding carboxylic acids is 1. The second-order valence-corrected chi connectivity index (χ2v) is 5.99. The molecule has 0 atom stereocenters. The van der Waals surface area contributed by atoms with Gasteiger partial charge in [-0.15, -0.1) is 0 Å². The highest BCUT2D eigenvalue weighted by atomic mass is 16.2. The third kappa shape index (κ3) is 4.20. The van der Waals surface area contributed by atoms with E-state index in [0.29, 0.717) is 12.0 Å². The molecule has 1 rings (SSSR count). The van der Waals surface area contributed by atoms with Crippen LogP contribution in [0.15, 0.2) is 4.99 Å². The summed E-state index contributed by atoms with van der Waals surface area (Å²) in [6, 6.07) is 0.334. The average Bonchev–Trinajstić information content (AvgIpc) is 2.26. The molecule has 0 spiro atoms. The van der Waals surface area contributed by atoms with Gasteiger partial charge in [0.05, 0.1) is 5.54 Å². The lowest BCUT2D eigenvalue weighted by molar-refractivity contribution is -0.130. The summed E-state index contributed by atoms with van der Waals surface area (Å²) in [5.41, 5.74) is 5.87. The molecule has 2 N–H and O–H groups in total. The van der Waals surface area contributed by atoms with E-state index in [4.69, 9.17) is 5.73 Å². The lowest BCUT2D eigenvalue weighted by atomic mass is 10.0. The Morgan fingerprint density at radius 2 is 1.83 bits per heavy atom. The predicted octanol–water partition coefficient (Wildman–Crippen LogP) is 1.04. The van der Waals surface area contributed by atoms with E-state index >= 15 is 0 Å². The normalized spacial score (nSPS) is 18.9. The zero-order valence-electron chi connectivity index (χ0n) is 12.2. The third-order valence-electron chi connectivity index (χ3n) is 3.28. The van der Waals surface area contributed by atoms with Crippen LogP contribution >= 0.6 is 0 Å². The Kier molecular flexibility index (Phi) is 4.59. The minimum absolute atomic E-state index is 0.129. The van der Waals surface area contributed by atoms with Crippen LogP contribution in [0.4, 0.5) is 0 Å². The van der Waals surface area contributed by atoms with E-state index in [1.807, 2.05) is 32.7 Å². The molecule has 0 saturated carbocycles. The molecule has 0 unspecified atom stereocenters. The number of nitrogens with two attached hydrogens (primary N) is 1. The Labute approximate surface area is 110 Å². The fraction of sp³-hybridized carbons (Fsp3) is 0.846. The minimum Gasteiger partial charge on any atom is -0.370 e. The van der Waals surface area contributed by atoms with Gasteiger partial charge in [0.25, 0.3) is 0 Å². The van der Waals surface area contributed by atoms with Gasteiger partial charge in [-0.1, -0.05) is 0 Å². The molecule has 0 aromatic heterocycles. The maximum Gasteiger partial charge on any atom is 0.219 e. The first-order valence-corrected chi connectivity index (χ1v) is 6.54. The largest absolute Gasteiger partial charge is 0.370 e. The summed E-state index contributed by atoms with van der Waals surface area (Å²) in [6.07, 6.45) is 1.91. The number of amides is 1. The molecule has 0 radical (unpaired) electrons. The summed E-state index contributed by atoms with van der Waals surface area (Å²) in [6.45, 7) is 9.46. The summed E-state index contributed by atoms with van der Waals surface area (Å²) in [5.74, 6) is 0.746. The zero-order valence-corrected chi connectivity index (χ0v) is 12.2. The number of nitrogens with zero attached hydrogens (tertiary/aromatic N) is 3. The van der Waals surface area contributed by atoms with Gasteiger partial charge in [-0.05, 0) is 33.6 Å². The van der Waals surface area contributed by atoms with E-state index in [9.17, 15) is 4.79 Å². The van der Waals surface area contributed by atoms with Gasteiger partial charge in [0.2, 0.25) is 5.91 Å². The molecule has 0 aliphatic carbocycles. The van der Waals surface area contributed by atoms with Crippen LogP contribution in [0.3, 0.4) is 0 Å². The van der Waals surface area contributed by atoms with Gasteiger partial charge >= 0.3 is 0 Å². The van der Waals surface area contributed by atoms with Crippen molar-refractivity contribution >= 4 is 11.9 Å². The van der Waals surface area contributed by atoms with E-state index in [0.717, 1.165) is 25.9 Å². The first-order chi connectivity index (χ1) is 8.20. The second kappa shape index (κ2) is 5.59. The molecule has 0 aromatic carbocycles. The lowest BCUT2D eigenvalue weighted by Crippen LogP contribution is -2.49. The summed E-state index contributed by atoms with van der Waals surface area (Å²) in [7, 11) is 1.87. The van der Waals surface area contributed by atoms with Crippen LogP contribution in [0.2, 0.25) is 0 Å². The number of aliphatic imine (C=N–C) groups is 1. The molecule has 104 valence electrons. The Morgan fingerprint density at radius 3 is 2.22 bits per heavy atom. The number of rotatable bonds is 1. The van der Waals surface area contributed by atoms with Crippen LogP contribution in [0.5, 0.6) is 0 Å². The van der Waals surface area contributed by atoms with Crippen LogP contribution in [0, 0.1) is 0 Å². The maximum atomic E-state index is 11.3. The summed E-state index contributed by atoms with van der Waals surface area (Å²) >= 11 is 0. The van der Waals surface area contributed by atoms with Crippen molar-refractivity contribution in [1.82, 2.24) is 9.80 Å². The molecule has 1 amide bonds. The fourth-order valence-corrected chi connectivity index (χ4v) is 2.15. The quantitative estimate of drug-likeness (QED) is 0.562. The Morgan fingerprint density at radius 1 is 1.33 bits per heavy atom. The first-order valence-electron chi connectivity index (χ1n) is 6.54. The van der Waals surface area contributed by atoms with Gasteiger partial charge < -0.3 is 15.5 Å². The second-order valence-electron chi connectivity index (χ2n) is 5.99. The van der Waals surface area contributed by atoms with E-state index in [1.54, 1.807) is 6.92 Å². The number of hydrogen-bond donors (Lipinski definition) is 1. The van der Waals surface area contributed by atoms with Crippen LogP contribution in [-0.4, -0.2) is 53.4 Å². The van der Waals surface area contributed by atoms with Gasteiger partial charge in [-0.2, -0.15) is 0 Å². The van der Waals surface area contributed by atoms with Crippen molar-refractivity contribution in [1.29, 1.82) is 0 Å².